The average molecular weight is 157 g/mol. The first-order valence-electron chi connectivity index (χ1n) is 4.02. The van der Waals surface area contributed by atoms with Gasteiger partial charge in [0, 0.05) is 6.04 Å². The van der Waals surface area contributed by atoms with Crippen LogP contribution < -0.4 is 5.32 Å². The van der Waals surface area contributed by atoms with E-state index in [0.717, 1.165) is 19.4 Å². The summed E-state index contributed by atoms with van der Waals surface area (Å²) in [6.07, 6.45) is 1.95. The van der Waals surface area contributed by atoms with Gasteiger partial charge in [0.25, 0.3) is 0 Å². The first kappa shape index (κ1) is 8.68. The van der Waals surface area contributed by atoms with E-state index in [1.165, 1.54) is 6.92 Å². The maximum Gasteiger partial charge on any atom is 0.162 e. The van der Waals surface area contributed by atoms with E-state index in [2.05, 4.69) is 5.32 Å². The number of Topliss-reactive ketones (excluding diaryl/α,β-unsaturated/α-hetero) is 1. The van der Waals surface area contributed by atoms with Gasteiger partial charge in [-0.15, -0.1) is 0 Å². The highest BCUT2D eigenvalue weighted by Gasteiger charge is 2.37. The Morgan fingerprint density at radius 3 is 2.73 bits per heavy atom. The molecule has 1 fully saturated rings. The number of hydrogen-bond acceptors (Lipinski definition) is 3. The molecular formula is C8H15NO2. The van der Waals surface area contributed by atoms with Crippen molar-refractivity contribution in [3.8, 4) is 0 Å². The topological polar surface area (TPSA) is 49.3 Å². The molecule has 1 aliphatic heterocycles. The molecule has 0 aliphatic carbocycles. The number of ketones is 1. The van der Waals surface area contributed by atoms with Gasteiger partial charge in [-0.2, -0.15) is 0 Å². The zero-order valence-electron chi connectivity index (χ0n) is 7.05. The van der Waals surface area contributed by atoms with Crippen LogP contribution in [-0.4, -0.2) is 29.1 Å². The SMILES string of the molecule is CC(=O)C(C)(O)C1CCCN1. The summed E-state index contributed by atoms with van der Waals surface area (Å²) in [4.78, 5) is 11.0. The Morgan fingerprint density at radius 2 is 2.36 bits per heavy atom. The van der Waals surface area contributed by atoms with Gasteiger partial charge in [-0.1, -0.05) is 0 Å². The molecule has 0 aromatic carbocycles. The van der Waals surface area contributed by atoms with E-state index >= 15 is 0 Å². The van der Waals surface area contributed by atoms with Gasteiger partial charge in [-0.05, 0) is 33.2 Å². The summed E-state index contributed by atoms with van der Waals surface area (Å²) in [6, 6.07) is -0.0417. The van der Waals surface area contributed by atoms with Crippen molar-refractivity contribution in [1.82, 2.24) is 5.32 Å². The van der Waals surface area contributed by atoms with E-state index in [1.807, 2.05) is 0 Å². The molecular weight excluding hydrogens is 142 g/mol. The predicted molar refractivity (Wildman–Crippen MR) is 42.3 cm³/mol. The molecule has 0 amide bonds. The highest BCUT2D eigenvalue weighted by atomic mass is 16.3. The fraction of sp³-hybridized carbons (Fsp3) is 0.875. The van der Waals surface area contributed by atoms with Crippen LogP contribution in [0.15, 0.2) is 0 Å². The number of aliphatic hydroxyl groups is 1. The monoisotopic (exact) mass is 157 g/mol. The lowest BCUT2D eigenvalue weighted by Crippen LogP contribution is -2.50. The van der Waals surface area contributed by atoms with E-state index in [-0.39, 0.29) is 11.8 Å². The van der Waals surface area contributed by atoms with Gasteiger partial charge < -0.3 is 10.4 Å². The molecule has 0 radical (unpaired) electrons. The maximum atomic E-state index is 11.0. The van der Waals surface area contributed by atoms with Gasteiger partial charge in [0.05, 0.1) is 0 Å². The Balaban J connectivity index is 2.62. The van der Waals surface area contributed by atoms with Crippen molar-refractivity contribution in [2.45, 2.75) is 38.3 Å². The van der Waals surface area contributed by atoms with Crippen LogP contribution in [0.4, 0.5) is 0 Å². The van der Waals surface area contributed by atoms with E-state index in [1.54, 1.807) is 6.92 Å². The highest BCUT2D eigenvalue weighted by Crippen LogP contribution is 2.19. The fourth-order valence-corrected chi connectivity index (χ4v) is 1.41. The zero-order chi connectivity index (χ0) is 8.48. The lowest BCUT2D eigenvalue weighted by molar-refractivity contribution is -0.135. The fourth-order valence-electron chi connectivity index (χ4n) is 1.41. The van der Waals surface area contributed by atoms with Crippen LogP contribution in [-0.2, 0) is 4.79 Å². The number of carbonyl (C=O) groups is 1. The molecule has 0 bridgehead atoms. The molecule has 2 unspecified atom stereocenters. The summed E-state index contributed by atoms with van der Waals surface area (Å²) in [7, 11) is 0. The molecule has 1 heterocycles. The van der Waals surface area contributed by atoms with Crippen molar-refractivity contribution in [1.29, 1.82) is 0 Å². The van der Waals surface area contributed by atoms with Crippen LogP contribution >= 0.6 is 0 Å². The minimum atomic E-state index is -1.17. The Bertz CT molecular complexity index is 159. The van der Waals surface area contributed by atoms with Crippen molar-refractivity contribution >= 4 is 5.78 Å². The van der Waals surface area contributed by atoms with Crippen molar-refractivity contribution in [3.05, 3.63) is 0 Å². The Kier molecular flexibility index (Phi) is 2.30. The van der Waals surface area contributed by atoms with Gasteiger partial charge in [-0.25, -0.2) is 0 Å². The summed E-state index contributed by atoms with van der Waals surface area (Å²) in [5.41, 5.74) is -1.17. The van der Waals surface area contributed by atoms with E-state index in [0.29, 0.717) is 0 Å². The van der Waals surface area contributed by atoms with Crippen molar-refractivity contribution < 1.29 is 9.90 Å². The first-order valence-corrected chi connectivity index (χ1v) is 4.02. The molecule has 0 spiro atoms. The molecule has 3 heteroatoms. The van der Waals surface area contributed by atoms with Gasteiger partial charge in [0.1, 0.15) is 5.60 Å². The molecule has 1 saturated heterocycles. The standard InChI is InChI=1S/C8H15NO2/c1-6(10)8(2,11)7-4-3-5-9-7/h7,9,11H,3-5H2,1-2H3. The highest BCUT2D eigenvalue weighted by molar-refractivity contribution is 5.85. The molecule has 2 atom stereocenters. The van der Waals surface area contributed by atoms with Crippen LogP contribution in [0.25, 0.3) is 0 Å². The number of hydrogen-bond donors (Lipinski definition) is 2. The second kappa shape index (κ2) is 2.91. The average Bonchev–Trinajstić information content (AvgIpc) is 2.37. The van der Waals surface area contributed by atoms with Crippen LogP contribution in [0, 0.1) is 0 Å². The summed E-state index contributed by atoms with van der Waals surface area (Å²) in [5, 5.41) is 12.8. The molecule has 0 saturated carbocycles. The maximum absolute atomic E-state index is 11.0. The lowest BCUT2D eigenvalue weighted by Gasteiger charge is -2.27. The van der Waals surface area contributed by atoms with E-state index in [9.17, 15) is 9.90 Å². The molecule has 0 aromatic heterocycles. The van der Waals surface area contributed by atoms with Crippen molar-refractivity contribution in [3.63, 3.8) is 0 Å². The second-order valence-electron chi connectivity index (χ2n) is 3.35. The number of nitrogens with one attached hydrogen (secondary N) is 1. The first-order chi connectivity index (χ1) is 5.05. The normalized spacial score (nSPS) is 29.9. The zero-order valence-corrected chi connectivity index (χ0v) is 7.05. The summed E-state index contributed by atoms with van der Waals surface area (Å²) < 4.78 is 0. The van der Waals surface area contributed by atoms with Crippen LogP contribution in [0.5, 0.6) is 0 Å². The predicted octanol–water partition coefficient (Wildman–Crippen LogP) is 0.0784. The molecule has 2 N–H and O–H groups in total. The van der Waals surface area contributed by atoms with Gasteiger partial charge >= 0.3 is 0 Å². The third kappa shape index (κ3) is 1.60. The lowest BCUT2D eigenvalue weighted by atomic mass is 9.91. The summed E-state index contributed by atoms with van der Waals surface area (Å²) in [5.74, 6) is -0.156. The quantitative estimate of drug-likeness (QED) is 0.596. The number of carbonyl (C=O) groups excluding carboxylic acids is 1. The van der Waals surface area contributed by atoms with Gasteiger partial charge in [-0.3, -0.25) is 4.79 Å². The minimum Gasteiger partial charge on any atom is -0.381 e. The van der Waals surface area contributed by atoms with Crippen molar-refractivity contribution in [2.24, 2.45) is 0 Å². The van der Waals surface area contributed by atoms with E-state index in [4.69, 9.17) is 0 Å². The van der Waals surface area contributed by atoms with Gasteiger partial charge in [0.15, 0.2) is 5.78 Å². The summed E-state index contributed by atoms with van der Waals surface area (Å²) >= 11 is 0. The molecule has 1 aliphatic rings. The van der Waals surface area contributed by atoms with Crippen LogP contribution in [0.1, 0.15) is 26.7 Å². The minimum absolute atomic E-state index is 0.0417. The van der Waals surface area contributed by atoms with Crippen LogP contribution in [0.3, 0.4) is 0 Å². The molecule has 11 heavy (non-hydrogen) atoms. The van der Waals surface area contributed by atoms with Gasteiger partial charge in [0.2, 0.25) is 0 Å². The Hall–Kier alpha value is -0.410. The second-order valence-corrected chi connectivity index (χ2v) is 3.35. The molecule has 64 valence electrons. The molecule has 1 rings (SSSR count). The van der Waals surface area contributed by atoms with Crippen molar-refractivity contribution in [2.75, 3.05) is 6.54 Å². The largest absolute Gasteiger partial charge is 0.381 e. The Labute approximate surface area is 66.8 Å². The molecule has 3 nitrogen and oxygen atoms in total. The molecule has 0 aromatic rings. The van der Waals surface area contributed by atoms with E-state index < -0.39 is 5.60 Å². The smallest absolute Gasteiger partial charge is 0.162 e. The number of rotatable bonds is 2. The summed E-state index contributed by atoms with van der Waals surface area (Å²) in [6.45, 7) is 3.92. The third-order valence-electron chi connectivity index (χ3n) is 2.45. The third-order valence-corrected chi connectivity index (χ3v) is 2.45. The van der Waals surface area contributed by atoms with Crippen LogP contribution in [0.2, 0.25) is 0 Å². The Morgan fingerprint density at radius 1 is 1.73 bits per heavy atom.